The van der Waals surface area contributed by atoms with E-state index in [0.717, 1.165) is 89.9 Å². The Morgan fingerprint density at radius 3 is 0.772 bits per heavy atom. The fourth-order valence-corrected chi connectivity index (χ4v) is 10.4. The average molecular weight is 1110 g/mol. The number of hydrogen-bond donors (Lipinski definition) is 0. The number of allylic oxidation sites excluding steroid dienone is 10. The zero-order valence-corrected chi connectivity index (χ0v) is 52.9. The molecule has 0 aliphatic carbocycles. The van der Waals surface area contributed by atoms with Gasteiger partial charge in [0.25, 0.3) is 0 Å². The van der Waals surface area contributed by atoms with Crippen LogP contribution in [0, 0.1) is 0 Å². The zero-order chi connectivity index (χ0) is 57.1. The lowest BCUT2D eigenvalue weighted by atomic mass is 10.0. The number of ether oxygens (including phenoxy) is 3. The van der Waals surface area contributed by atoms with Crippen molar-refractivity contribution in [3.63, 3.8) is 0 Å². The second-order valence-electron chi connectivity index (χ2n) is 23.4. The molecule has 460 valence electrons. The Bertz CT molecular complexity index is 1410. The molecule has 0 aliphatic rings. The van der Waals surface area contributed by atoms with E-state index in [1.54, 1.807) is 0 Å². The highest BCUT2D eigenvalue weighted by atomic mass is 16.6. The van der Waals surface area contributed by atoms with Crippen molar-refractivity contribution in [1.29, 1.82) is 0 Å². The maximum atomic E-state index is 12.9. The molecule has 0 aromatic rings. The second-order valence-corrected chi connectivity index (χ2v) is 23.4. The van der Waals surface area contributed by atoms with E-state index < -0.39 is 6.10 Å². The first-order valence-corrected chi connectivity index (χ1v) is 34.8. The fourth-order valence-electron chi connectivity index (χ4n) is 10.4. The normalized spacial score (nSPS) is 12.4. The molecule has 6 heteroatoms. The van der Waals surface area contributed by atoms with Gasteiger partial charge in [0.05, 0.1) is 0 Å². The third-order valence-corrected chi connectivity index (χ3v) is 15.5. The number of rotatable bonds is 64. The number of hydrogen-bond acceptors (Lipinski definition) is 6. The molecule has 0 aromatic carbocycles. The summed E-state index contributed by atoms with van der Waals surface area (Å²) >= 11 is 0. The molecule has 0 rings (SSSR count). The molecule has 1 atom stereocenters. The summed E-state index contributed by atoms with van der Waals surface area (Å²) < 4.78 is 16.9. The Labute approximate surface area is 491 Å². The summed E-state index contributed by atoms with van der Waals surface area (Å²) in [5.74, 6) is -0.855. The van der Waals surface area contributed by atoms with Gasteiger partial charge in [0.1, 0.15) is 13.2 Å². The molecule has 0 heterocycles. The molecule has 79 heavy (non-hydrogen) atoms. The maximum Gasteiger partial charge on any atom is 0.306 e. The lowest BCUT2D eigenvalue weighted by molar-refractivity contribution is -0.167. The minimum Gasteiger partial charge on any atom is -0.462 e. The van der Waals surface area contributed by atoms with Gasteiger partial charge in [-0.1, -0.05) is 345 Å². The molecule has 0 N–H and O–H groups in total. The fraction of sp³-hybridized carbons (Fsp3) is 0.822. The van der Waals surface area contributed by atoms with Crippen molar-refractivity contribution in [1.82, 2.24) is 0 Å². The molecule has 0 fully saturated rings. The summed E-state index contributed by atoms with van der Waals surface area (Å²) in [6, 6.07) is 0. The summed E-state index contributed by atoms with van der Waals surface area (Å²) in [6.07, 6.45) is 87.2. The van der Waals surface area contributed by atoms with Crippen LogP contribution in [0.2, 0.25) is 0 Å². The first kappa shape index (κ1) is 76.1. The lowest BCUT2D eigenvalue weighted by Crippen LogP contribution is -2.30. The highest BCUT2D eigenvalue weighted by molar-refractivity contribution is 5.71. The van der Waals surface area contributed by atoms with Crippen LogP contribution in [-0.2, 0) is 28.6 Å². The first-order chi connectivity index (χ1) is 39.0. The third kappa shape index (κ3) is 65.8. The Morgan fingerprint density at radius 2 is 0.494 bits per heavy atom. The molecule has 0 bridgehead atoms. The van der Waals surface area contributed by atoms with Crippen molar-refractivity contribution >= 4 is 17.9 Å². The molecule has 0 radical (unpaired) electrons. The molecule has 0 aliphatic heterocycles. The largest absolute Gasteiger partial charge is 0.462 e. The minimum absolute atomic E-state index is 0.0687. The van der Waals surface area contributed by atoms with Crippen molar-refractivity contribution < 1.29 is 28.6 Å². The monoisotopic (exact) mass is 1110 g/mol. The summed E-state index contributed by atoms with van der Waals surface area (Å²) in [6.45, 7) is 6.53. The SMILES string of the molecule is CC/C=C\C/C=C\C/C=C\C/C=C\C/C=C\CCCCCCCCCCCCCCCCCC(=O)OCC(COC(=O)CCCCCCCC)OC(=O)CCCCCCCCCCCCCCCCCCCCCCCCCC. The Morgan fingerprint density at radius 1 is 0.266 bits per heavy atom. The van der Waals surface area contributed by atoms with Crippen molar-refractivity contribution in [3.8, 4) is 0 Å². The highest BCUT2D eigenvalue weighted by Crippen LogP contribution is 2.18. The summed E-state index contributed by atoms with van der Waals surface area (Å²) in [4.78, 5) is 38.1. The standard InChI is InChI=1S/C73H132O6/c1-4-7-10-13-16-18-20-22-24-26-28-30-32-34-35-36-37-38-39-40-42-43-45-47-49-51-53-55-57-60-63-66-72(75)78-69-70(68-77-71(74)65-62-59-15-12-9-6-3)79-73(76)67-64-61-58-56-54-52-50-48-46-44-41-33-31-29-27-25-23-21-19-17-14-11-8-5-2/h7,10,16,18,22,24,28,30,34-35,70H,4-6,8-9,11-15,17,19-21,23,25-27,29,31-33,36-69H2,1-3H3/b10-7-,18-16-,24-22-,30-28-,35-34-. The van der Waals surface area contributed by atoms with E-state index in [1.807, 2.05) is 0 Å². The summed E-state index contributed by atoms with van der Waals surface area (Å²) in [5, 5.41) is 0. The van der Waals surface area contributed by atoms with Gasteiger partial charge in [-0.3, -0.25) is 14.4 Å². The van der Waals surface area contributed by atoms with Crippen LogP contribution in [0.4, 0.5) is 0 Å². The quantitative estimate of drug-likeness (QED) is 0.0261. The first-order valence-electron chi connectivity index (χ1n) is 34.8. The predicted octanol–water partition coefficient (Wildman–Crippen LogP) is 23.9. The van der Waals surface area contributed by atoms with Crippen molar-refractivity contribution in [2.45, 2.75) is 374 Å². The van der Waals surface area contributed by atoms with E-state index in [2.05, 4.69) is 81.5 Å². The Hall–Kier alpha value is -2.89. The number of carbonyl (C=O) groups is 3. The lowest BCUT2D eigenvalue weighted by Gasteiger charge is -2.18. The summed E-state index contributed by atoms with van der Waals surface area (Å²) in [7, 11) is 0. The topological polar surface area (TPSA) is 78.9 Å². The van der Waals surface area contributed by atoms with Gasteiger partial charge in [-0.05, 0) is 64.2 Å². The van der Waals surface area contributed by atoms with Crippen LogP contribution < -0.4 is 0 Å². The Kier molecular flexibility index (Phi) is 65.1. The van der Waals surface area contributed by atoms with Gasteiger partial charge in [0.15, 0.2) is 6.10 Å². The molecule has 0 saturated heterocycles. The highest BCUT2D eigenvalue weighted by Gasteiger charge is 2.19. The molecule has 0 saturated carbocycles. The van der Waals surface area contributed by atoms with Gasteiger partial charge in [0.2, 0.25) is 0 Å². The van der Waals surface area contributed by atoms with E-state index in [4.69, 9.17) is 14.2 Å². The smallest absolute Gasteiger partial charge is 0.306 e. The summed E-state index contributed by atoms with van der Waals surface area (Å²) in [5.41, 5.74) is 0. The minimum atomic E-state index is -0.768. The van der Waals surface area contributed by atoms with Crippen LogP contribution in [0.3, 0.4) is 0 Å². The van der Waals surface area contributed by atoms with Crippen LogP contribution in [0.5, 0.6) is 0 Å². The molecular weight excluding hydrogens is 973 g/mol. The molecular formula is C73H132O6. The van der Waals surface area contributed by atoms with Gasteiger partial charge in [-0.25, -0.2) is 0 Å². The second kappa shape index (κ2) is 67.6. The van der Waals surface area contributed by atoms with Crippen molar-refractivity contribution in [2.75, 3.05) is 13.2 Å². The van der Waals surface area contributed by atoms with E-state index in [1.165, 1.54) is 238 Å². The zero-order valence-electron chi connectivity index (χ0n) is 52.9. The van der Waals surface area contributed by atoms with Gasteiger partial charge >= 0.3 is 17.9 Å². The number of unbranched alkanes of at least 4 members (excludes halogenated alkanes) is 43. The van der Waals surface area contributed by atoms with Crippen LogP contribution >= 0.6 is 0 Å². The van der Waals surface area contributed by atoms with Crippen LogP contribution in [0.15, 0.2) is 60.8 Å². The van der Waals surface area contributed by atoms with Gasteiger partial charge in [-0.15, -0.1) is 0 Å². The van der Waals surface area contributed by atoms with Gasteiger partial charge < -0.3 is 14.2 Å². The maximum absolute atomic E-state index is 12.9. The molecule has 0 spiro atoms. The van der Waals surface area contributed by atoms with Gasteiger partial charge in [-0.2, -0.15) is 0 Å². The Balaban J connectivity index is 3.99. The number of carbonyl (C=O) groups excluding carboxylic acids is 3. The molecule has 1 unspecified atom stereocenters. The van der Waals surface area contributed by atoms with Crippen LogP contribution in [0.1, 0.15) is 367 Å². The van der Waals surface area contributed by atoms with Gasteiger partial charge in [0, 0.05) is 19.3 Å². The predicted molar refractivity (Wildman–Crippen MR) is 344 cm³/mol. The van der Waals surface area contributed by atoms with Crippen molar-refractivity contribution in [2.24, 2.45) is 0 Å². The average Bonchev–Trinajstić information content (AvgIpc) is 3.45. The van der Waals surface area contributed by atoms with Crippen molar-refractivity contribution in [3.05, 3.63) is 60.8 Å². The van der Waals surface area contributed by atoms with Crippen LogP contribution in [0.25, 0.3) is 0 Å². The number of esters is 3. The van der Waals surface area contributed by atoms with E-state index in [-0.39, 0.29) is 31.1 Å². The van der Waals surface area contributed by atoms with E-state index >= 15 is 0 Å². The third-order valence-electron chi connectivity index (χ3n) is 15.5. The van der Waals surface area contributed by atoms with E-state index in [0.29, 0.717) is 19.3 Å². The van der Waals surface area contributed by atoms with E-state index in [9.17, 15) is 14.4 Å². The molecule has 0 amide bonds. The molecule has 0 aromatic heterocycles. The molecule has 6 nitrogen and oxygen atoms in total. The van der Waals surface area contributed by atoms with Crippen LogP contribution in [-0.4, -0.2) is 37.2 Å².